The van der Waals surface area contributed by atoms with Gasteiger partial charge in [0.1, 0.15) is 0 Å². The molecule has 3 heteroatoms. The summed E-state index contributed by atoms with van der Waals surface area (Å²) in [6, 6.07) is 9.45. The summed E-state index contributed by atoms with van der Waals surface area (Å²) in [6.45, 7) is 7.50. The van der Waals surface area contributed by atoms with Crippen LogP contribution in [0.5, 0.6) is 0 Å². The molecule has 0 aromatic heterocycles. The largest absolute Gasteiger partial charge is 0.312 e. The van der Waals surface area contributed by atoms with Crippen molar-refractivity contribution in [1.82, 2.24) is 16.2 Å². The van der Waals surface area contributed by atoms with Gasteiger partial charge in [0.2, 0.25) is 0 Å². The van der Waals surface area contributed by atoms with E-state index in [0.717, 1.165) is 26.1 Å². The first-order chi connectivity index (χ1) is 8.29. The molecule has 0 bridgehead atoms. The summed E-state index contributed by atoms with van der Waals surface area (Å²) in [7, 11) is 0. The van der Waals surface area contributed by atoms with Gasteiger partial charge in [0.15, 0.2) is 0 Å². The van der Waals surface area contributed by atoms with Crippen molar-refractivity contribution in [3.05, 3.63) is 35.4 Å². The first-order valence-corrected chi connectivity index (χ1v) is 6.56. The summed E-state index contributed by atoms with van der Waals surface area (Å²) in [6.07, 6.45) is 1.12. The topological polar surface area (TPSA) is 36.1 Å². The molecule has 0 aliphatic carbocycles. The van der Waals surface area contributed by atoms with Crippen molar-refractivity contribution < 1.29 is 0 Å². The van der Waals surface area contributed by atoms with Gasteiger partial charge >= 0.3 is 0 Å². The van der Waals surface area contributed by atoms with Crippen LogP contribution in [0.4, 0.5) is 0 Å². The third kappa shape index (κ3) is 3.53. The molecular formula is C14H23N3. The maximum Gasteiger partial charge on any atom is 0.0237 e. The van der Waals surface area contributed by atoms with Gasteiger partial charge in [-0.3, -0.25) is 10.9 Å². The molecule has 0 amide bonds. The molecule has 2 rings (SSSR count). The third-order valence-electron chi connectivity index (χ3n) is 3.57. The number of nitrogens with one attached hydrogen (secondary N) is 3. The summed E-state index contributed by atoms with van der Waals surface area (Å²) in [5.41, 5.74) is 9.22. The van der Waals surface area contributed by atoms with Gasteiger partial charge in [0.05, 0.1) is 0 Å². The van der Waals surface area contributed by atoms with Crippen LogP contribution in [0.25, 0.3) is 0 Å². The minimum Gasteiger partial charge on any atom is -0.312 e. The van der Waals surface area contributed by atoms with Crippen molar-refractivity contribution >= 4 is 0 Å². The van der Waals surface area contributed by atoms with Gasteiger partial charge in [-0.1, -0.05) is 31.2 Å². The Morgan fingerprint density at radius 2 is 1.94 bits per heavy atom. The van der Waals surface area contributed by atoms with E-state index in [9.17, 15) is 0 Å². The van der Waals surface area contributed by atoms with Crippen LogP contribution < -0.4 is 16.2 Å². The fourth-order valence-electron chi connectivity index (χ4n) is 2.19. The molecule has 1 aromatic rings. The fraction of sp³-hybridized carbons (Fsp3) is 0.571. The molecule has 1 fully saturated rings. The summed E-state index contributed by atoms with van der Waals surface area (Å²) in [4.78, 5) is 0. The lowest BCUT2D eigenvalue weighted by Crippen LogP contribution is -2.32. The van der Waals surface area contributed by atoms with Gasteiger partial charge < -0.3 is 5.32 Å². The van der Waals surface area contributed by atoms with E-state index >= 15 is 0 Å². The van der Waals surface area contributed by atoms with Crippen LogP contribution in [0, 0.1) is 5.92 Å². The van der Waals surface area contributed by atoms with E-state index in [-0.39, 0.29) is 0 Å². The number of hydrazine groups is 1. The SMILES string of the molecule is CCc1ccc(CNCC2CNNC2C)cc1. The lowest BCUT2D eigenvalue weighted by atomic mass is 10.0. The van der Waals surface area contributed by atoms with E-state index in [4.69, 9.17) is 0 Å². The van der Waals surface area contributed by atoms with Crippen molar-refractivity contribution in [2.24, 2.45) is 5.92 Å². The fourth-order valence-corrected chi connectivity index (χ4v) is 2.19. The Kier molecular flexibility index (Phi) is 4.54. The van der Waals surface area contributed by atoms with Crippen molar-refractivity contribution in [2.45, 2.75) is 32.9 Å². The van der Waals surface area contributed by atoms with E-state index in [2.05, 4.69) is 54.3 Å². The van der Waals surface area contributed by atoms with Crippen LogP contribution in [-0.4, -0.2) is 19.1 Å². The van der Waals surface area contributed by atoms with Gasteiger partial charge in [-0.15, -0.1) is 0 Å². The van der Waals surface area contributed by atoms with Gasteiger partial charge in [0, 0.05) is 31.6 Å². The average Bonchev–Trinajstić information content (AvgIpc) is 2.76. The second-order valence-corrected chi connectivity index (χ2v) is 4.87. The Bertz CT molecular complexity index is 334. The number of aryl methyl sites for hydroxylation is 1. The first-order valence-electron chi connectivity index (χ1n) is 6.56. The van der Waals surface area contributed by atoms with Crippen molar-refractivity contribution in [3.63, 3.8) is 0 Å². The quantitative estimate of drug-likeness (QED) is 0.720. The highest BCUT2D eigenvalue weighted by Gasteiger charge is 2.21. The highest BCUT2D eigenvalue weighted by Crippen LogP contribution is 2.07. The Labute approximate surface area is 104 Å². The second-order valence-electron chi connectivity index (χ2n) is 4.87. The van der Waals surface area contributed by atoms with Crippen LogP contribution in [-0.2, 0) is 13.0 Å². The molecule has 94 valence electrons. The number of hydrogen-bond donors (Lipinski definition) is 3. The molecule has 1 aliphatic heterocycles. The normalized spacial score (nSPS) is 24.1. The molecule has 1 saturated heterocycles. The molecule has 2 atom stereocenters. The van der Waals surface area contributed by atoms with Crippen molar-refractivity contribution in [3.8, 4) is 0 Å². The first kappa shape index (κ1) is 12.6. The highest BCUT2D eigenvalue weighted by atomic mass is 15.4. The average molecular weight is 233 g/mol. The zero-order valence-corrected chi connectivity index (χ0v) is 10.8. The van der Waals surface area contributed by atoms with Gasteiger partial charge in [-0.05, 0) is 24.5 Å². The zero-order valence-electron chi connectivity index (χ0n) is 10.8. The highest BCUT2D eigenvalue weighted by molar-refractivity contribution is 5.22. The molecule has 17 heavy (non-hydrogen) atoms. The standard InChI is InChI=1S/C14H23N3/c1-3-12-4-6-13(7-5-12)8-15-9-14-10-16-17-11(14)2/h4-7,11,14-17H,3,8-10H2,1-2H3. The molecule has 3 N–H and O–H groups in total. The molecule has 0 spiro atoms. The minimum atomic E-state index is 0.560. The predicted octanol–water partition coefficient (Wildman–Crippen LogP) is 1.45. The zero-order chi connectivity index (χ0) is 12.1. The Morgan fingerprint density at radius 1 is 1.24 bits per heavy atom. The number of benzene rings is 1. The van der Waals surface area contributed by atoms with Crippen LogP contribution in [0.2, 0.25) is 0 Å². The molecular weight excluding hydrogens is 210 g/mol. The summed E-state index contributed by atoms with van der Waals surface area (Å²) >= 11 is 0. The maximum atomic E-state index is 3.53. The van der Waals surface area contributed by atoms with E-state index in [1.807, 2.05) is 0 Å². The van der Waals surface area contributed by atoms with E-state index < -0.39 is 0 Å². The number of hydrogen-bond acceptors (Lipinski definition) is 3. The molecule has 2 unspecified atom stereocenters. The van der Waals surface area contributed by atoms with Crippen LogP contribution >= 0.6 is 0 Å². The van der Waals surface area contributed by atoms with Crippen molar-refractivity contribution in [2.75, 3.05) is 13.1 Å². The molecule has 3 nitrogen and oxygen atoms in total. The number of rotatable bonds is 5. The second kappa shape index (κ2) is 6.15. The third-order valence-corrected chi connectivity index (χ3v) is 3.57. The van der Waals surface area contributed by atoms with Gasteiger partial charge in [-0.2, -0.15) is 0 Å². The maximum absolute atomic E-state index is 3.53. The summed E-state index contributed by atoms with van der Waals surface area (Å²) < 4.78 is 0. The molecule has 1 heterocycles. The molecule has 1 aliphatic rings. The van der Waals surface area contributed by atoms with Crippen molar-refractivity contribution in [1.29, 1.82) is 0 Å². The minimum absolute atomic E-state index is 0.560. The Morgan fingerprint density at radius 3 is 2.53 bits per heavy atom. The lowest BCUT2D eigenvalue weighted by Gasteiger charge is -2.14. The predicted molar refractivity (Wildman–Crippen MR) is 71.6 cm³/mol. The van der Waals surface area contributed by atoms with Crippen LogP contribution in [0.15, 0.2) is 24.3 Å². The smallest absolute Gasteiger partial charge is 0.0237 e. The van der Waals surface area contributed by atoms with Gasteiger partial charge in [-0.25, -0.2) is 0 Å². The Balaban J connectivity index is 1.73. The monoisotopic (exact) mass is 233 g/mol. The molecule has 0 saturated carbocycles. The van der Waals surface area contributed by atoms with Gasteiger partial charge in [0.25, 0.3) is 0 Å². The van der Waals surface area contributed by atoms with E-state index in [0.29, 0.717) is 12.0 Å². The lowest BCUT2D eigenvalue weighted by molar-refractivity contribution is 0.454. The Hall–Kier alpha value is -0.900. The summed E-state index contributed by atoms with van der Waals surface area (Å²) in [5, 5.41) is 3.53. The molecule has 1 aromatic carbocycles. The van der Waals surface area contributed by atoms with Crippen LogP contribution in [0.1, 0.15) is 25.0 Å². The van der Waals surface area contributed by atoms with E-state index in [1.165, 1.54) is 11.1 Å². The summed E-state index contributed by atoms with van der Waals surface area (Å²) in [5.74, 6) is 0.685. The molecule has 0 radical (unpaired) electrons. The van der Waals surface area contributed by atoms with Crippen LogP contribution in [0.3, 0.4) is 0 Å². The van der Waals surface area contributed by atoms with E-state index in [1.54, 1.807) is 0 Å².